The molecule has 0 atom stereocenters. The Hall–Kier alpha value is -2.56. The molecule has 5 nitrogen and oxygen atoms in total. The minimum Gasteiger partial charge on any atom is -0.491 e. The Morgan fingerprint density at radius 2 is 1.91 bits per heavy atom. The van der Waals surface area contributed by atoms with Gasteiger partial charge in [0.2, 0.25) is 0 Å². The van der Waals surface area contributed by atoms with Crippen LogP contribution in [0.5, 0.6) is 5.75 Å². The lowest BCUT2D eigenvalue weighted by atomic mass is 10.2. The first-order valence-electron chi connectivity index (χ1n) is 7.28. The molecule has 0 saturated heterocycles. The molecule has 116 valence electrons. The van der Waals surface area contributed by atoms with Crippen molar-refractivity contribution in [3.05, 3.63) is 59.4 Å². The molecule has 0 bridgehead atoms. The predicted molar refractivity (Wildman–Crippen MR) is 85.9 cm³/mol. The number of aryl methyl sites for hydroxylation is 2. The highest BCUT2D eigenvalue weighted by atomic mass is 16.5. The molecular formula is C17H21N3O2. The fourth-order valence-corrected chi connectivity index (χ4v) is 1.98. The molecule has 0 spiro atoms. The van der Waals surface area contributed by atoms with E-state index in [2.05, 4.69) is 15.6 Å². The Morgan fingerprint density at radius 1 is 1.09 bits per heavy atom. The van der Waals surface area contributed by atoms with Crippen LogP contribution in [-0.2, 0) is 6.54 Å². The van der Waals surface area contributed by atoms with Crippen molar-refractivity contribution in [1.82, 2.24) is 15.6 Å². The van der Waals surface area contributed by atoms with Crippen molar-refractivity contribution in [2.45, 2.75) is 20.4 Å². The van der Waals surface area contributed by atoms with E-state index < -0.39 is 0 Å². The second kappa shape index (κ2) is 8.02. The number of hydrogen-bond acceptors (Lipinski definition) is 3. The number of urea groups is 1. The molecule has 2 rings (SSSR count). The second-order valence-electron chi connectivity index (χ2n) is 4.99. The molecule has 0 unspecified atom stereocenters. The predicted octanol–water partition coefficient (Wildman–Crippen LogP) is 2.58. The largest absolute Gasteiger partial charge is 0.491 e. The number of hydrogen-bond donors (Lipinski definition) is 2. The normalized spacial score (nSPS) is 10.1. The third-order valence-corrected chi connectivity index (χ3v) is 3.11. The van der Waals surface area contributed by atoms with E-state index in [9.17, 15) is 4.79 Å². The van der Waals surface area contributed by atoms with E-state index in [0.717, 1.165) is 22.7 Å². The van der Waals surface area contributed by atoms with E-state index in [1.54, 1.807) is 0 Å². The van der Waals surface area contributed by atoms with Gasteiger partial charge in [0, 0.05) is 5.69 Å². The van der Waals surface area contributed by atoms with Crippen molar-refractivity contribution < 1.29 is 9.53 Å². The van der Waals surface area contributed by atoms with Gasteiger partial charge in [-0.05, 0) is 37.6 Å². The summed E-state index contributed by atoms with van der Waals surface area (Å²) in [6.45, 7) is 5.20. The highest BCUT2D eigenvalue weighted by Gasteiger charge is 2.02. The van der Waals surface area contributed by atoms with Crippen molar-refractivity contribution in [2.24, 2.45) is 0 Å². The average molecular weight is 299 g/mol. The van der Waals surface area contributed by atoms with Crippen LogP contribution < -0.4 is 15.4 Å². The van der Waals surface area contributed by atoms with E-state index in [0.29, 0.717) is 19.7 Å². The van der Waals surface area contributed by atoms with E-state index in [-0.39, 0.29) is 6.03 Å². The maximum absolute atomic E-state index is 11.7. The van der Waals surface area contributed by atoms with Gasteiger partial charge < -0.3 is 15.4 Å². The molecule has 0 aliphatic rings. The molecule has 0 saturated carbocycles. The number of benzene rings is 1. The van der Waals surface area contributed by atoms with Crippen LogP contribution in [0.2, 0.25) is 0 Å². The molecule has 1 aromatic carbocycles. The van der Waals surface area contributed by atoms with Crippen LogP contribution in [0.3, 0.4) is 0 Å². The first-order valence-corrected chi connectivity index (χ1v) is 7.28. The number of carbonyl (C=O) groups excluding carboxylic acids is 1. The van der Waals surface area contributed by atoms with Gasteiger partial charge in [-0.3, -0.25) is 4.98 Å². The molecule has 1 heterocycles. The summed E-state index contributed by atoms with van der Waals surface area (Å²) in [5.41, 5.74) is 2.86. The monoisotopic (exact) mass is 299 g/mol. The van der Waals surface area contributed by atoms with Crippen LogP contribution in [-0.4, -0.2) is 24.2 Å². The quantitative estimate of drug-likeness (QED) is 0.806. The standard InChI is InChI=1S/C17H21N3O2/c1-13-6-3-4-9-16(13)22-11-10-18-17(21)19-12-15-8-5-7-14(2)20-15/h3-9H,10-12H2,1-2H3,(H2,18,19,21). The number of ether oxygens (including phenoxy) is 1. The van der Waals surface area contributed by atoms with Crippen molar-refractivity contribution >= 4 is 6.03 Å². The van der Waals surface area contributed by atoms with Gasteiger partial charge in [-0.25, -0.2) is 4.79 Å². The Kier molecular flexibility index (Phi) is 5.77. The van der Waals surface area contributed by atoms with Crippen molar-refractivity contribution in [3.63, 3.8) is 0 Å². The molecule has 0 aliphatic heterocycles. The van der Waals surface area contributed by atoms with E-state index >= 15 is 0 Å². The minimum atomic E-state index is -0.225. The van der Waals surface area contributed by atoms with Gasteiger partial charge in [-0.15, -0.1) is 0 Å². The van der Waals surface area contributed by atoms with Gasteiger partial charge in [0.05, 0.1) is 18.8 Å². The van der Waals surface area contributed by atoms with Crippen LogP contribution in [0.15, 0.2) is 42.5 Å². The molecule has 0 aliphatic carbocycles. The summed E-state index contributed by atoms with van der Waals surface area (Å²) in [5.74, 6) is 0.841. The number of rotatable bonds is 6. The second-order valence-corrected chi connectivity index (χ2v) is 4.99. The van der Waals surface area contributed by atoms with Crippen LogP contribution in [0, 0.1) is 13.8 Å². The highest BCUT2D eigenvalue weighted by Crippen LogP contribution is 2.15. The van der Waals surface area contributed by atoms with Gasteiger partial charge in [0.15, 0.2) is 0 Å². The van der Waals surface area contributed by atoms with E-state index in [4.69, 9.17) is 4.74 Å². The molecule has 0 fully saturated rings. The SMILES string of the molecule is Cc1cccc(CNC(=O)NCCOc2ccccc2C)n1. The fraction of sp³-hybridized carbons (Fsp3) is 0.294. The zero-order valence-corrected chi connectivity index (χ0v) is 12.9. The van der Waals surface area contributed by atoms with Crippen LogP contribution in [0.25, 0.3) is 0 Å². The summed E-state index contributed by atoms with van der Waals surface area (Å²) in [6.07, 6.45) is 0. The molecular weight excluding hydrogens is 278 g/mol. The summed E-state index contributed by atoms with van der Waals surface area (Å²) < 4.78 is 5.61. The summed E-state index contributed by atoms with van der Waals surface area (Å²) in [6, 6.07) is 13.3. The topological polar surface area (TPSA) is 63.2 Å². The zero-order chi connectivity index (χ0) is 15.8. The maximum atomic E-state index is 11.7. The van der Waals surface area contributed by atoms with Crippen LogP contribution in [0.4, 0.5) is 4.79 Å². The molecule has 5 heteroatoms. The number of nitrogens with zero attached hydrogens (tertiary/aromatic N) is 1. The molecule has 0 radical (unpaired) electrons. The van der Waals surface area contributed by atoms with Gasteiger partial charge in [-0.2, -0.15) is 0 Å². The Labute approximate surface area is 130 Å². The number of aromatic nitrogens is 1. The van der Waals surface area contributed by atoms with Crippen molar-refractivity contribution in [3.8, 4) is 5.75 Å². The summed E-state index contributed by atoms with van der Waals surface area (Å²) >= 11 is 0. The lowest BCUT2D eigenvalue weighted by molar-refractivity contribution is 0.236. The van der Waals surface area contributed by atoms with Crippen molar-refractivity contribution in [1.29, 1.82) is 0 Å². The number of para-hydroxylation sites is 1. The lowest BCUT2D eigenvalue weighted by Gasteiger charge is -2.10. The number of nitrogens with one attached hydrogen (secondary N) is 2. The fourth-order valence-electron chi connectivity index (χ4n) is 1.98. The van der Waals surface area contributed by atoms with Crippen LogP contribution >= 0.6 is 0 Å². The van der Waals surface area contributed by atoms with Gasteiger partial charge >= 0.3 is 6.03 Å². The Bertz CT molecular complexity index is 629. The van der Waals surface area contributed by atoms with E-state index in [1.165, 1.54) is 0 Å². The average Bonchev–Trinajstić information content (AvgIpc) is 2.51. The third-order valence-electron chi connectivity index (χ3n) is 3.11. The molecule has 1 aromatic heterocycles. The molecule has 22 heavy (non-hydrogen) atoms. The van der Waals surface area contributed by atoms with Gasteiger partial charge in [-0.1, -0.05) is 24.3 Å². The molecule has 2 amide bonds. The highest BCUT2D eigenvalue weighted by molar-refractivity contribution is 5.73. The zero-order valence-electron chi connectivity index (χ0n) is 12.9. The number of pyridine rings is 1. The van der Waals surface area contributed by atoms with Crippen molar-refractivity contribution in [2.75, 3.05) is 13.2 Å². The minimum absolute atomic E-state index is 0.225. The van der Waals surface area contributed by atoms with Gasteiger partial charge in [0.25, 0.3) is 0 Å². The van der Waals surface area contributed by atoms with Gasteiger partial charge in [0.1, 0.15) is 12.4 Å². The summed E-state index contributed by atoms with van der Waals surface area (Å²) in [5, 5.41) is 5.52. The first-order chi connectivity index (χ1) is 10.6. The maximum Gasteiger partial charge on any atom is 0.315 e. The molecule has 2 N–H and O–H groups in total. The smallest absolute Gasteiger partial charge is 0.315 e. The van der Waals surface area contributed by atoms with Crippen LogP contribution in [0.1, 0.15) is 17.0 Å². The van der Waals surface area contributed by atoms with E-state index in [1.807, 2.05) is 56.3 Å². The number of amides is 2. The summed E-state index contributed by atoms with van der Waals surface area (Å²) in [4.78, 5) is 16.0. The summed E-state index contributed by atoms with van der Waals surface area (Å²) in [7, 11) is 0. The lowest BCUT2D eigenvalue weighted by Crippen LogP contribution is -2.37. The molecule has 2 aromatic rings. The third kappa shape index (κ3) is 5.09. The first kappa shape index (κ1) is 15.8. The Morgan fingerprint density at radius 3 is 2.68 bits per heavy atom. The number of carbonyl (C=O) groups is 1. The Balaban J connectivity index is 1.65.